The predicted octanol–water partition coefficient (Wildman–Crippen LogP) is 2.47. The summed E-state index contributed by atoms with van der Waals surface area (Å²) in [4.78, 5) is 11.4. The molecular formula is C12H16F2N2O3. The summed E-state index contributed by atoms with van der Waals surface area (Å²) in [7, 11) is 0. The standard InChI is InChI=1S/C12H16F2N2O3/c1-2-3-6-15(7-8-17)12-10(16(18)19)5-4-9(13)11(12)14/h4-5,17H,2-3,6-8H2,1H3. The van der Waals surface area contributed by atoms with Crippen LogP contribution in [-0.2, 0) is 0 Å². The Kier molecular flexibility index (Phi) is 5.62. The second-order valence-corrected chi connectivity index (χ2v) is 4.05. The zero-order chi connectivity index (χ0) is 14.4. The quantitative estimate of drug-likeness (QED) is 0.612. The van der Waals surface area contributed by atoms with E-state index in [1.54, 1.807) is 0 Å². The van der Waals surface area contributed by atoms with Gasteiger partial charge in [-0.1, -0.05) is 13.3 Å². The molecule has 1 N–H and O–H groups in total. The van der Waals surface area contributed by atoms with Gasteiger partial charge in [0.05, 0.1) is 11.5 Å². The lowest BCUT2D eigenvalue weighted by Gasteiger charge is -2.23. The Balaban J connectivity index is 3.25. The van der Waals surface area contributed by atoms with E-state index >= 15 is 0 Å². The Hall–Kier alpha value is -1.76. The molecule has 0 aliphatic rings. The first-order valence-electron chi connectivity index (χ1n) is 6.01. The zero-order valence-corrected chi connectivity index (χ0v) is 10.6. The number of nitrogens with zero attached hydrogens (tertiary/aromatic N) is 2. The molecule has 1 aromatic carbocycles. The summed E-state index contributed by atoms with van der Waals surface area (Å²) in [6.45, 7) is 1.95. The molecule has 0 aromatic heterocycles. The van der Waals surface area contributed by atoms with E-state index in [0.717, 1.165) is 18.6 Å². The van der Waals surface area contributed by atoms with E-state index in [0.29, 0.717) is 13.0 Å². The van der Waals surface area contributed by atoms with Gasteiger partial charge in [-0.05, 0) is 12.5 Å². The van der Waals surface area contributed by atoms with Crippen LogP contribution in [0.2, 0.25) is 0 Å². The minimum absolute atomic E-state index is 0.0151. The second-order valence-electron chi connectivity index (χ2n) is 4.05. The predicted molar refractivity (Wildman–Crippen MR) is 67.2 cm³/mol. The first-order valence-corrected chi connectivity index (χ1v) is 6.01. The Labute approximate surface area is 109 Å². The van der Waals surface area contributed by atoms with Crippen molar-refractivity contribution in [3.63, 3.8) is 0 Å². The molecule has 19 heavy (non-hydrogen) atoms. The maximum atomic E-state index is 13.8. The van der Waals surface area contributed by atoms with Gasteiger partial charge in [-0.25, -0.2) is 8.78 Å². The highest BCUT2D eigenvalue weighted by atomic mass is 19.2. The van der Waals surface area contributed by atoms with E-state index in [4.69, 9.17) is 5.11 Å². The van der Waals surface area contributed by atoms with Gasteiger partial charge in [0.1, 0.15) is 0 Å². The molecule has 106 valence electrons. The number of hydrogen-bond acceptors (Lipinski definition) is 4. The summed E-state index contributed by atoms with van der Waals surface area (Å²) < 4.78 is 27.1. The second kappa shape index (κ2) is 6.98. The number of nitro groups is 1. The number of aliphatic hydroxyl groups excluding tert-OH is 1. The van der Waals surface area contributed by atoms with Crippen LogP contribution in [0, 0.1) is 21.7 Å². The maximum absolute atomic E-state index is 13.8. The number of hydrogen-bond donors (Lipinski definition) is 1. The van der Waals surface area contributed by atoms with Gasteiger partial charge < -0.3 is 10.0 Å². The van der Waals surface area contributed by atoms with Crippen LogP contribution in [0.1, 0.15) is 19.8 Å². The van der Waals surface area contributed by atoms with E-state index in [-0.39, 0.29) is 13.2 Å². The number of halogens is 2. The molecule has 0 radical (unpaired) electrons. The van der Waals surface area contributed by atoms with Gasteiger partial charge >= 0.3 is 0 Å². The number of benzene rings is 1. The number of nitro benzene ring substituents is 1. The molecule has 0 unspecified atom stereocenters. The van der Waals surface area contributed by atoms with Crippen molar-refractivity contribution >= 4 is 11.4 Å². The zero-order valence-electron chi connectivity index (χ0n) is 10.6. The lowest BCUT2D eigenvalue weighted by Crippen LogP contribution is -2.29. The van der Waals surface area contributed by atoms with Crippen LogP contribution in [-0.4, -0.2) is 29.7 Å². The van der Waals surface area contributed by atoms with Crippen LogP contribution in [0.5, 0.6) is 0 Å². The van der Waals surface area contributed by atoms with Crippen LogP contribution in [0.25, 0.3) is 0 Å². The summed E-state index contributed by atoms with van der Waals surface area (Å²) in [6.07, 6.45) is 1.46. The van der Waals surface area contributed by atoms with Gasteiger partial charge in [0.15, 0.2) is 17.3 Å². The summed E-state index contributed by atoms with van der Waals surface area (Å²) in [5.74, 6) is -2.39. The van der Waals surface area contributed by atoms with E-state index in [1.807, 2.05) is 6.92 Å². The molecule has 5 nitrogen and oxygen atoms in total. The van der Waals surface area contributed by atoms with Crippen LogP contribution in [0.3, 0.4) is 0 Å². The molecule has 7 heteroatoms. The number of anilines is 1. The summed E-state index contributed by atoms with van der Waals surface area (Å²) >= 11 is 0. The highest BCUT2D eigenvalue weighted by Gasteiger charge is 2.26. The lowest BCUT2D eigenvalue weighted by atomic mass is 10.2. The molecule has 1 rings (SSSR count). The molecule has 0 bridgehead atoms. The van der Waals surface area contributed by atoms with Crippen molar-refractivity contribution in [2.24, 2.45) is 0 Å². The lowest BCUT2D eigenvalue weighted by molar-refractivity contribution is -0.384. The summed E-state index contributed by atoms with van der Waals surface area (Å²) in [5.41, 5.74) is -0.893. The molecule has 0 saturated carbocycles. The van der Waals surface area contributed by atoms with E-state index in [2.05, 4.69) is 0 Å². The van der Waals surface area contributed by atoms with Gasteiger partial charge in [0, 0.05) is 19.2 Å². The van der Waals surface area contributed by atoms with Crippen molar-refractivity contribution in [1.29, 1.82) is 0 Å². The molecule has 0 heterocycles. The SMILES string of the molecule is CCCCN(CCO)c1c([N+](=O)[O-])ccc(F)c1F. The average Bonchev–Trinajstić information content (AvgIpc) is 2.37. The summed E-state index contributed by atoms with van der Waals surface area (Å²) in [5, 5.41) is 19.9. The molecule has 0 aliphatic carbocycles. The van der Waals surface area contributed by atoms with Crippen molar-refractivity contribution < 1.29 is 18.8 Å². The van der Waals surface area contributed by atoms with Gasteiger partial charge in [0.25, 0.3) is 5.69 Å². The van der Waals surface area contributed by atoms with E-state index in [1.165, 1.54) is 4.90 Å². The van der Waals surface area contributed by atoms with E-state index < -0.39 is 27.9 Å². The third kappa shape index (κ3) is 3.60. The molecular weight excluding hydrogens is 258 g/mol. The average molecular weight is 274 g/mol. The minimum atomic E-state index is -1.25. The molecule has 0 amide bonds. The Morgan fingerprint density at radius 1 is 1.37 bits per heavy atom. The topological polar surface area (TPSA) is 66.6 Å². The van der Waals surface area contributed by atoms with Gasteiger partial charge in [-0.3, -0.25) is 10.1 Å². The van der Waals surface area contributed by atoms with Crippen molar-refractivity contribution in [3.05, 3.63) is 33.9 Å². The molecule has 0 fully saturated rings. The molecule has 0 saturated heterocycles. The third-order valence-electron chi connectivity index (χ3n) is 2.71. The van der Waals surface area contributed by atoms with Crippen molar-refractivity contribution in [2.75, 3.05) is 24.6 Å². The van der Waals surface area contributed by atoms with Crippen molar-refractivity contribution in [3.8, 4) is 0 Å². The number of unbranched alkanes of at least 4 members (excludes halogenated alkanes) is 1. The molecule has 1 aromatic rings. The smallest absolute Gasteiger partial charge is 0.295 e. The van der Waals surface area contributed by atoms with Gasteiger partial charge in [-0.2, -0.15) is 0 Å². The van der Waals surface area contributed by atoms with E-state index in [9.17, 15) is 18.9 Å². The normalized spacial score (nSPS) is 10.5. The van der Waals surface area contributed by atoms with Crippen molar-refractivity contribution in [2.45, 2.75) is 19.8 Å². The minimum Gasteiger partial charge on any atom is -0.395 e. The van der Waals surface area contributed by atoms with Crippen LogP contribution >= 0.6 is 0 Å². The highest BCUT2D eigenvalue weighted by molar-refractivity contribution is 5.64. The van der Waals surface area contributed by atoms with Crippen LogP contribution < -0.4 is 4.90 Å². The van der Waals surface area contributed by atoms with Gasteiger partial charge in [0.2, 0.25) is 0 Å². The van der Waals surface area contributed by atoms with Crippen molar-refractivity contribution in [1.82, 2.24) is 0 Å². The first kappa shape index (κ1) is 15.3. The Bertz CT molecular complexity index is 455. The monoisotopic (exact) mass is 274 g/mol. The Morgan fingerprint density at radius 3 is 2.58 bits per heavy atom. The fourth-order valence-corrected chi connectivity index (χ4v) is 1.78. The third-order valence-corrected chi connectivity index (χ3v) is 2.71. The summed E-state index contributed by atoms with van der Waals surface area (Å²) in [6, 6.07) is 1.66. The van der Waals surface area contributed by atoms with Crippen LogP contribution in [0.15, 0.2) is 12.1 Å². The fourth-order valence-electron chi connectivity index (χ4n) is 1.78. The first-order chi connectivity index (χ1) is 9.02. The van der Waals surface area contributed by atoms with Crippen LogP contribution in [0.4, 0.5) is 20.2 Å². The maximum Gasteiger partial charge on any atom is 0.295 e. The number of rotatable bonds is 7. The Morgan fingerprint density at radius 2 is 2.05 bits per heavy atom. The molecule has 0 aliphatic heterocycles. The highest BCUT2D eigenvalue weighted by Crippen LogP contribution is 2.32. The van der Waals surface area contributed by atoms with Gasteiger partial charge in [-0.15, -0.1) is 0 Å². The molecule has 0 atom stereocenters. The fraction of sp³-hybridized carbons (Fsp3) is 0.500. The number of aliphatic hydroxyl groups is 1. The molecule has 0 spiro atoms. The largest absolute Gasteiger partial charge is 0.395 e.